The van der Waals surface area contributed by atoms with Crippen LogP contribution in [-0.4, -0.2) is 124 Å². The predicted molar refractivity (Wildman–Crippen MR) is 433 cm³/mol. The molecule has 0 spiro atoms. The van der Waals surface area contributed by atoms with Gasteiger partial charge in [0.25, 0.3) is 0 Å². The number of pyridine rings is 3. The molecule has 0 aliphatic rings. The molecule has 14 rings (SSSR count). The third-order valence-corrected chi connectivity index (χ3v) is 12.9. The van der Waals surface area contributed by atoms with Gasteiger partial charge in [-0.05, 0) is 248 Å². The Labute approximate surface area is 642 Å². The molecule has 0 aromatic carbocycles. The molecular weight excluding hydrogens is 1350 g/mol. The van der Waals surface area contributed by atoms with Gasteiger partial charge in [0.2, 0.25) is 0 Å². The van der Waals surface area contributed by atoms with Gasteiger partial charge in [0.05, 0.1) is 57.9 Å². The van der Waals surface area contributed by atoms with Crippen LogP contribution in [0.5, 0.6) is 0 Å². The fraction of sp³-hybridized carbons (Fsp3) is 0.337. The van der Waals surface area contributed by atoms with E-state index in [1.807, 2.05) is 323 Å². The van der Waals surface area contributed by atoms with Crippen molar-refractivity contribution < 1.29 is 0 Å². The topological polar surface area (TPSA) is 290 Å². The summed E-state index contributed by atoms with van der Waals surface area (Å²) in [6.45, 7) is 46.9. The molecule has 14 aromatic rings. The largest absolute Gasteiger partial charge is 0.276 e. The minimum absolute atomic E-state index is 0.829. The molecule has 0 atom stereocenters. The molecule has 0 aliphatic heterocycles. The quantitative estimate of drug-likeness (QED) is 0.136. The minimum Gasteiger partial charge on any atom is -0.276 e. The van der Waals surface area contributed by atoms with Crippen LogP contribution in [0.25, 0.3) is 0 Å². The second kappa shape index (κ2) is 54.5. The summed E-state index contributed by atoms with van der Waals surface area (Å²) in [6, 6.07) is 21.8. The lowest BCUT2D eigenvalue weighted by molar-refractivity contribution is 0.756. The normalized spacial score (nSPS) is 9.30. The van der Waals surface area contributed by atoms with Crippen LogP contribution in [0.1, 0.15) is 136 Å². The molecule has 0 saturated carbocycles. The Morgan fingerprint density at radius 2 is 0.509 bits per heavy atom. The van der Waals surface area contributed by atoms with Gasteiger partial charge in [-0.15, -0.1) is 0 Å². The van der Waals surface area contributed by atoms with Crippen LogP contribution in [-0.2, 0) is 28.2 Å². The molecule has 14 aromatic heterocycles. The van der Waals surface area contributed by atoms with Gasteiger partial charge in [0.15, 0.2) is 0 Å². The third-order valence-electron chi connectivity index (χ3n) is 12.9. The summed E-state index contributed by atoms with van der Waals surface area (Å²) < 4.78 is 7.15. The van der Waals surface area contributed by atoms with E-state index in [-0.39, 0.29) is 0 Å². The highest BCUT2D eigenvalue weighted by Crippen LogP contribution is 2.00. The number of nitrogens with zero attached hydrogens (tertiary/aromatic N) is 25. The van der Waals surface area contributed by atoms with Gasteiger partial charge in [-0.1, -0.05) is 18.2 Å². The van der Waals surface area contributed by atoms with Crippen molar-refractivity contribution in [1.82, 2.24) is 124 Å². The summed E-state index contributed by atoms with van der Waals surface area (Å²) in [5, 5.41) is 15.9. The van der Waals surface area contributed by atoms with Crippen molar-refractivity contribution >= 4 is 0 Å². The Bertz CT molecular complexity index is 3660. The smallest absolute Gasteiger partial charge is 0.125 e. The number of aryl methyl sites for hydroxylation is 28. The lowest BCUT2D eigenvalue weighted by Gasteiger charge is -1.90. The van der Waals surface area contributed by atoms with Crippen LogP contribution in [0.3, 0.4) is 0 Å². The van der Waals surface area contributed by atoms with Crippen LogP contribution in [0, 0.1) is 166 Å². The molecule has 0 N–H and O–H groups in total. The van der Waals surface area contributed by atoms with Gasteiger partial charge in [0, 0.05) is 174 Å². The van der Waals surface area contributed by atoms with Gasteiger partial charge in [0.1, 0.15) is 23.3 Å². The van der Waals surface area contributed by atoms with E-state index in [2.05, 4.69) is 117 Å². The maximum atomic E-state index is 4.17. The Balaban J connectivity index is 0.000000582. The highest BCUT2D eigenvalue weighted by Gasteiger charge is 1.91. The molecule has 572 valence electrons. The SMILES string of the molecule is Cc1ccc(C)nc1.Cc1ccc(C)nc1.Cc1cccc(C)n1.Cc1ccn(C)n1.Cc1ccn(C)n1.Cc1ccnc(C)n1.Cc1ccnc(C)n1.Cc1cnc(C)cn1.Cc1cnc(C)cn1.Cc1cnc(C)nc1.Cc1cnc(C)nc1.Cc1cncc(C)n1.Cc1cnn(C)c1.Cc1cnn(C)c1. The van der Waals surface area contributed by atoms with E-state index in [1.165, 1.54) is 22.3 Å². The minimum atomic E-state index is 0.829. The van der Waals surface area contributed by atoms with E-state index in [9.17, 15) is 0 Å². The van der Waals surface area contributed by atoms with Gasteiger partial charge in [-0.3, -0.25) is 63.6 Å². The zero-order chi connectivity index (χ0) is 80.9. The zero-order valence-electron chi connectivity index (χ0n) is 69.1. The van der Waals surface area contributed by atoms with Crippen LogP contribution in [0.4, 0.5) is 0 Å². The van der Waals surface area contributed by atoms with Crippen LogP contribution in [0.15, 0.2) is 191 Å². The lowest BCUT2D eigenvalue weighted by Crippen LogP contribution is -1.86. The molecule has 0 radical (unpaired) electrons. The Hall–Kier alpha value is -12.2. The molecule has 25 heteroatoms. The molecule has 14 heterocycles. The van der Waals surface area contributed by atoms with Crippen molar-refractivity contribution in [3.05, 3.63) is 327 Å². The summed E-state index contributed by atoms with van der Waals surface area (Å²) in [6.07, 6.45) is 36.5. The van der Waals surface area contributed by atoms with E-state index < -0.39 is 0 Å². The maximum absolute atomic E-state index is 4.17. The molecule has 25 nitrogen and oxygen atoms in total. The molecule has 0 amide bonds. The monoisotopic (exact) mass is 1460 g/mol. The van der Waals surface area contributed by atoms with Crippen molar-refractivity contribution in [1.29, 1.82) is 0 Å². The molecular formula is C83H115N25. The van der Waals surface area contributed by atoms with Crippen molar-refractivity contribution in [3.63, 3.8) is 0 Å². The zero-order valence-corrected chi connectivity index (χ0v) is 69.1. The molecule has 108 heavy (non-hydrogen) atoms. The number of hydrogen-bond acceptors (Lipinski definition) is 21. The fourth-order valence-corrected chi connectivity index (χ4v) is 7.48. The van der Waals surface area contributed by atoms with Crippen molar-refractivity contribution in [2.24, 2.45) is 28.2 Å². The second-order valence-electron chi connectivity index (χ2n) is 25.0. The summed E-state index contributed by atoms with van der Waals surface area (Å²) in [4.78, 5) is 68.3. The van der Waals surface area contributed by atoms with Gasteiger partial charge >= 0.3 is 0 Å². The number of aromatic nitrogens is 25. The highest BCUT2D eigenvalue weighted by atomic mass is 15.3. The van der Waals surface area contributed by atoms with Crippen molar-refractivity contribution in [2.45, 2.75) is 166 Å². The highest BCUT2D eigenvalue weighted by molar-refractivity contribution is 5.12. The summed E-state index contributed by atoms with van der Waals surface area (Å²) >= 11 is 0. The van der Waals surface area contributed by atoms with Crippen molar-refractivity contribution in [3.8, 4) is 0 Å². The van der Waals surface area contributed by atoms with Gasteiger partial charge < -0.3 is 0 Å². The molecule has 0 aliphatic carbocycles. The van der Waals surface area contributed by atoms with Crippen LogP contribution >= 0.6 is 0 Å². The Morgan fingerprint density at radius 3 is 0.667 bits per heavy atom. The molecule has 0 bridgehead atoms. The third kappa shape index (κ3) is 52.7. The first-order valence-corrected chi connectivity index (χ1v) is 34.8. The predicted octanol–water partition coefficient (Wildman–Crippen LogP) is 15.7. The van der Waals surface area contributed by atoms with E-state index >= 15 is 0 Å². The van der Waals surface area contributed by atoms with Gasteiger partial charge in [-0.25, -0.2) is 39.9 Å². The van der Waals surface area contributed by atoms with Crippen LogP contribution in [0.2, 0.25) is 0 Å². The first kappa shape index (κ1) is 93.9. The maximum Gasteiger partial charge on any atom is 0.125 e. The molecule has 0 saturated heterocycles. The summed E-state index contributed by atoms with van der Waals surface area (Å²) in [5.74, 6) is 3.33. The molecule has 0 unspecified atom stereocenters. The van der Waals surface area contributed by atoms with Crippen molar-refractivity contribution in [2.75, 3.05) is 0 Å². The van der Waals surface area contributed by atoms with E-state index in [0.717, 1.165) is 114 Å². The average molecular weight is 1460 g/mol. The number of rotatable bonds is 0. The molecule has 0 fully saturated rings. The Morgan fingerprint density at radius 1 is 0.204 bits per heavy atom. The standard InChI is InChI=1S/3C7H9N.7C6H8N2.4C5H8N2/c2*1-6-3-4-7(2)8-5-6;1-6-4-3-5-7(2)8-6;2*1-5-3-8-6(2)4-7-5;1-5-3-7-4-6(2)8-5;2*1-5-3-7-6(2)8-4-5;2*1-5-3-4-7-6(2)8-5;2*1-5-3-6-7(2)4-5;2*1-5-3-4-7(2)6-5/h3*3-5H,1-2H3;7*3-4H,1-2H3;4*3-4H,1-2H3. The van der Waals surface area contributed by atoms with Crippen LogP contribution < -0.4 is 0 Å². The summed E-state index contributed by atoms with van der Waals surface area (Å²) in [5.41, 5.74) is 21.4. The second-order valence-corrected chi connectivity index (χ2v) is 25.0. The fourth-order valence-electron chi connectivity index (χ4n) is 7.48. The van der Waals surface area contributed by atoms with E-state index in [4.69, 9.17) is 0 Å². The lowest BCUT2D eigenvalue weighted by atomic mass is 10.3. The van der Waals surface area contributed by atoms with Gasteiger partial charge in [-0.2, -0.15) is 20.4 Å². The van der Waals surface area contributed by atoms with E-state index in [1.54, 1.807) is 68.3 Å². The first-order valence-electron chi connectivity index (χ1n) is 34.8. The average Bonchev–Trinajstić information content (AvgIpc) is 1.91. The first-order chi connectivity index (χ1) is 51.0. The Kier molecular flexibility index (Phi) is 47.3. The van der Waals surface area contributed by atoms with E-state index in [0.29, 0.717) is 0 Å². The number of hydrogen-bond donors (Lipinski definition) is 0. The summed E-state index contributed by atoms with van der Waals surface area (Å²) in [7, 11) is 7.64.